The Morgan fingerprint density at radius 2 is 1.64 bits per heavy atom. The molecule has 1 N–H and O–H groups in total. The molecule has 1 fully saturated rings. The topological polar surface area (TPSA) is 74.7 Å². The number of nitrogens with zero attached hydrogens (tertiary/aromatic N) is 1. The van der Waals surface area contributed by atoms with Crippen molar-refractivity contribution >= 4 is 44.0 Å². The fraction of sp³-hybridized carbons (Fsp3) is 0.533. The van der Waals surface area contributed by atoms with Crippen LogP contribution in [0.2, 0.25) is 3.17 Å². The standard InChI is InChI=1S/C14H18NO.CH4O3S.Na/c1-15(13-10-6-3-7-11-13)14(16)12-8-4-2-5-9-12;1-5(2,3)4;/h2-5,8-9,13H,6-7,10-11H2,1H3;1H3,(H,2,3,4);. The summed E-state index contributed by atoms with van der Waals surface area (Å²) < 4.78 is 26.8. The van der Waals surface area contributed by atoms with Crippen molar-refractivity contribution in [1.82, 2.24) is 4.90 Å². The van der Waals surface area contributed by atoms with E-state index in [1.165, 1.54) is 53.6 Å². The predicted molar refractivity (Wildman–Crippen MR) is 87.8 cm³/mol. The molecule has 118 valence electrons. The summed E-state index contributed by atoms with van der Waals surface area (Å²) in [6, 6.07) is 10.1. The van der Waals surface area contributed by atoms with Gasteiger partial charge in [-0.15, -0.1) is 0 Å². The van der Waals surface area contributed by atoms with Crippen LogP contribution in [0, 0.1) is 0 Å². The van der Waals surface area contributed by atoms with Crippen LogP contribution in [0.4, 0.5) is 0 Å². The number of carbonyl (C=O) groups excluding carboxylic acids is 1. The van der Waals surface area contributed by atoms with Crippen LogP contribution in [0.1, 0.15) is 36.0 Å². The molecule has 0 aliphatic heterocycles. The van der Waals surface area contributed by atoms with Crippen molar-refractivity contribution < 1.29 is 17.8 Å². The summed E-state index contributed by atoms with van der Waals surface area (Å²) in [5.41, 5.74) is 0.808. The zero-order chi connectivity index (χ0) is 16.8. The van der Waals surface area contributed by atoms with E-state index in [1.54, 1.807) is 0 Å². The predicted octanol–water partition coefficient (Wildman–Crippen LogP) is 2.16. The monoisotopic (exact) mass is 335 g/mol. The summed E-state index contributed by atoms with van der Waals surface area (Å²) in [4.78, 5) is 14.2. The number of benzene rings is 1. The summed E-state index contributed by atoms with van der Waals surface area (Å²) in [5, 5.41) is 0. The second-order valence-electron chi connectivity index (χ2n) is 5.93. The smallest absolute Gasteiger partial charge is 0.261 e. The molecule has 7 heteroatoms. The van der Waals surface area contributed by atoms with E-state index in [0.717, 1.165) is 8.73 Å². The maximum Gasteiger partial charge on any atom is 0.261 e. The first-order chi connectivity index (χ1) is 10.2. The third-order valence-corrected chi connectivity index (χ3v) is 5.03. The zero-order valence-electron chi connectivity index (χ0n) is 13.4. The van der Waals surface area contributed by atoms with E-state index < -0.39 is 10.1 Å². The van der Waals surface area contributed by atoms with Gasteiger partial charge >= 0.3 is 121 Å². The average molecular weight is 335 g/mol. The van der Waals surface area contributed by atoms with E-state index in [9.17, 15) is 13.2 Å². The molecule has 0 bridgehead atoms. The molecule has 0 heterocycles. The Kier molecular flexibility index (Phi) is 8.07. The molecular weight excluding hydrogens is 313 g/mol. The Bertz CT molecular complexity index is 560. The molecule has 0 aromatic heterocycles. The van der Waals surface area contributed by atoms with Crippen LogP contribution >= 0.6 is 0 Å². The van der Waals surface area contributed by atoms with Gasteiger partial charge < -0.3 is 0 Å². The first kappa shape index (κ1) is 19.6. The van der Waals surface area contributed by atoms with Gasteiger partial charge in [-0.05, 0) is 0 Å². The first-order valence-corrected chi connectivity index (χ1v) is 10.4. The molecule has 0 unspecified atom stereocenters. The normalized spacial score (nSPS) is 21.5. The van der Waals surface area contributed by atoms with Gasteiger partial charge in [0.1, 0.15) is 0 Å². The molecule has 1 saturated carbocycles. The van der Waals surface area contributed by atoms with Gasteiger partial charge in [-0.1, -0.05) is 0 Å². The Labute approximate surface area is 150 Å². The maximum absolute atomic E-state index is 12.3. The molecule has 2 rings (SSSR count). The van der Waals surface area contributed by atoms with Gasteiger partial charge in [0.05, 0.1) is 6.26 Å². The SMILES string of the molecule is CN(C(=O)c1ccccc1)[C@H]1CC[C@H]([Na])CC1.CS(=O)(=O)O. The second kappa shape index (κ2) is 9.03. The number of amides is 1. The molecule has 1 amide bonds. The third-order valence-electron chi connectivity index (χ3n) is 3.87. The van der Waals surface area contributed by atoms with Crippen molar-refractivity contribution in [1.29, 1.82) is 0 Å². The van der Waals surface area contributed by atoms with Crippen molar-refractivity contribution in [2.45, 2.75) is 34.9 Å². The quantitative estimate of drug-likeness (QED) is 0.664. The van der Waals surface area contributed by atoms with Crippen molar-refractivity contribution in [2.24, 2.45) is 0 Å². The van der Waals surface area contributed by atoms with Crippen molar-refractivity contribution in [3.63, 3.8) is 0 Å². The molecule has 0 spiro atoms. The first-order valence-electron chi connectivity index (χ1n) is 7.43. The van der Waals surface area contributed by atoms with Crippen LogP contribution in [-0.4, -0.2) is 71.1 Å². The van der Waals surface area contributed by atoms with Crippen LogP contribution in [0.25, 0.3) is 0 Å². The largest absolute Gasteiger partial charge is 0.286 e. The van der Waals surface area contributed by atoms with Crippen LogP contribution in [0.3, 0.4) is 0 Å². The average Bonchev–Trinajstić information content (AvgIpc) is 2.46. The van der Waals surface area contributed by atoms with E-state index in [-0.39, 0.29) is 5.91 Å². The molecule has 1 aliphatic rings. The Morgan fingerprint density at radius 1 is 1.18 bits per heavy atom. The van der Waals surface area contributed by atoms with Gasteiger partial charge in [-0.25, -0.2) is 0 Å². The minimum atomic E-state index is -3.67. The van der Waals surface area contributed by atoms with Crippen molar-refractivity contribution in [3.8, 4) is 0 Å². The zero-order valence-corrected chi connectivity index (χ0v) is 16.2. The van der Waals surface area contributed by atoms with Gasteiger partial charge in [-0.2, -0.15) is 8.42 Å². The molecule has 1 aliphatic carbocycles. The fourth-order valence-electron chi connectivity index (χ4n) is 2.58. The Morgan fingerprint density at radius 3 is 2.09 bits per heavy atom. The van der Waals surface area contributed by atoms with Crippen molar-refractivity contribution in [3.05, 3.63) is 35.9 Å². The van der Waals surface area contributed by atoms with E-state index in [4.69, 9.17) is 4.55 Å². The number of hydrogen-bond acceptors (Lipinski definition) is 3. The molecule has 22 heavy (non-hydrogen) atoms. The molecule has 0 saturated heterocycles. The summed E-state index contributed by atoms with van der Waals surface area (Å²) in [6.45, 7) is 0. The van der Waals surface area contributed by atoms with Gasteiger partial charge in [-0.3, -0.25) is 4.55 Å². The molecule has 1 aromatic carbocycles. The van der Waals surface area contributed by atoms with Crippen molar-refractivity contribution in [2.75, 3.05) is 13.3 Å². The summed E-state index contributed by atoms with van der Waals surface area (Å²) in [6.07, 6.45) is 5.70. The molecule has 1 aromatic rings. The van der Waals surface area contributed by atoms with Gasteiger partial charge in [0.25, 0.3) is 10.1 Å². The van der Waals surface area contributed by atoms with E-state index in [1.807, 2.05) is 42.3 Å². The Balaban J connectivity index is 0.000000422. The fourth-order valence-corrected chi connectivity index (χ4v) is 3.25. The summed E-state index contributed by atoms with van der Waals surface area (Å²) in [5.74, 6) is 0.169. The molecule has 5 nitrogen and oxygen atoms in total. The van der Waals surface area contributed by atoms with Crippen LogP contribution in [0.15, 0.2) is 30.3 Å². The minimum Gasteiger partial charge on any atom is -0.286 e. The third kappa shape index (κ3) is 7.74. The second-order valence-corrected chi connectivity index (χ2v) is 9.03. The number of carbonyl (C=O) groups is 1. The van der Waals surface area contributed by atoms with Gasteiger partial charge in [0, 0.05) is 0 Å². The Hall–Kier alpha value is -0.400. The van der Waals surface area contributed by atoms with Crippen LogP contribution in [-0.2, 0) is 10.1 Å². The number of rotatable bonds is 2. The number of hydrogen-bond donors (Lipinski definition) is 1. The molecular formula is C15H22NNaO4S. The molecule has 0 atom stereocenters. The van der Waals surface area contributed by atoms with E-state index in [0.29, 0.717) is 12.3 Å². The van der Waals surface area contributed by atoms with Gasteiger partial charge in [0.15, 0.2) is 0 Å². The van der Waals surface area contributed by atoms with Gasteiger partial charge in [0.2, 0.25) is 0 Å². The summed E-state index contributed by atoms with van der Waals surface area (Å²) >= 11 is 1.31. The minimum absolute atomic E-state index is 0.169. The van der Waals surface area contributed by atoms with E-state index >= 15 is 0 Å². The maximum atomic E-state index is 12.3. The molecule has 0 radical (unpaired) electrons. The van der Waals surface area contributed by atoms with E-state index in [2.05, 4.69) is 0 Å². The van der Waals surface area contributed by atoms with Crippen LogP contribution in [0.5, 0.6) is 0 Å². The van der Waals surface area contributed by atoms with Crippen LogP contribution < -0.4 is 0 Å². The summed E-state index contributed by atoms with van der Waals surface area (Å²) in [7, 11) is -1.71.